The molecule has 1 saturated heterocycles. The van der Waals surface area contributed by atoms with E-state index in [1.54, 1.807) is 9.58 Å². The Bertz CT molecular complexity index is 1190. The van der Waals surface area contributed by atoms with Crippen molar-refractivity contribution in [2.45, 2.75) is 58.1 Å². The molecule has 2 amide bonds. The highest BCUT2D eigenvalue weighted by Crippen LogP contribution is 2.35. The van der Waals surface area contributed by atoms with Crippen molar-refractivity contribution < 1.29 is 18.0 Å². The zero-order chi connectivity index (χ0) is 22.7. The van der Waals surface area contributed by atoms with Crippen molar-refractivity contribution in [3.8, 4) is 0 Å². The highest BCUT2D eigenvalue weighted by Gasteiger charge is 2.39. The van der Waals surface area contributed by atoms with Gasteiger partial charge in [-0.3, -0.25) is 9.59 Å². The van der Waals surface area contributed by atoms with E-state index in [0.717, 1.165) is 16.8 Å². The third-order valence-corrected chi connectivity index (χ3v) is 7.40. The second kappa shape index (κ2) is 7.19. The molecular formula is C22H28N4O4S. The lowest BCUT2D eigenvalue weighted by molar-refractivity contribution is -0.122. The summed E-state index contributed by atoms with van der Waals surface area (Å²) in [6.07, 6.45) is 0.114. The Kier molecular flexibility index (Phi) is 4.99. The van der Waals surface area contributed by atoms with Gasteiger partial charge in [-0.05, 0) is 57.9 Å². The summed E-state index contributed by atoms with van der Waals surface area (Å²) in [7, 11) is -3.25. The van der Waals surface area contributed by atoms with Crippen LogP contribution in [0.15, 0.2) is 18.2 Å². The van der Waals surface area contributed by atoms with Crippen LogP contribution in [0.2, 0.25) is 0 Å². The van der Waals surface area contributed by atoms with Crippen LogP contribution in [0.1, 0.15) is 49.6 Å². The molecule has 1 aromatic carbocycles. The van der Waals surface area contributed by atoms with Gasteiger partial charge in [0, 0.05) is 24.2 Å². The van der Waals surface area contributed by atoms with Crippen LogP contribution in [0, 0.1) is 19.8 Å². The summed E-state index contributed by atoms with van der Waals surface area (Å²) in [5.74, 6) is -0.738. The van der Waals surface area contributed by atoms with Gasteiger partial charge in [0.15, 0.2) is 9.84 Å². The first-order chi connectivity index (χ1) is 14.4. The van der Waals surface area contributed by atoms with E-state index in [4.69, 9.17) is 0 Å². The van der Waals surface area contributed by atoms with E-state index >= 15 is 0 Å². The Morgan fingerprint density at radius 3 is 2.52 bits per heavy atom. The average molecular weight is 445 g/mol. The second-order valence-corrected chi connectivity index (χ2v) is 11.6. The van der Waals surface area contributed by atoms with Gasteiger partial charge in [-0.15, -0.1) is 0 Å². The summed E-state index contributed by atoms with van der Waals surface area (Å²) >= 11 is 0. The number of aromatic nitrogens is 2. The van der Waals surface area contributed by atoms with E-state index in [9.17, 15) is 18.0 Å². The molecule has 166 valence electrons. The molecule has 1 N–H and O–H groups in total. The zero-order valence-corrected chi connectivity index (χ0v) is 19.3. The molecule has 0 unspecified atom stereocenters. The minimum atomic E-state index is -3.25. The van der Waals surface area contributed by atoms with Crippen LogP contribution in [0.25, 0.3) is 0 Å². The number of fused-ring (bicyclic) bond motifs is 1. The number of benzene rings is 1. The molecule has 0 saturated carbocycles. The Morgan fingerprint density at radius 1 is 1.16 bits per heavy atom. The molecule has 4 rings (SSSR count). The number of anilines is 2. The van der Waals surface area contributed by atoms with Crippen LogP contribution in [0.3, 0.4) is 0 Å². The Hall–Kier alpha value is -2.68. The standard InChI is InChI=1S/C22H28N4O4S/c1-13-6-7-16(8-14(13)2)25-10-15(9-19(25)27)21(28)23-20-17-11-31(29,30)12-18(17)24-26(20)22(3,4)5/h6-8,15H,9-12H2,1-5H3,(H,23,28)/t15-/m0/s1. The number of hydrogen-bond donors (Lipinski definition) is 1. The molecule has 9 heteroatoms. The Morgan fingerprint density at radius 2 is 1.87 bits per heavy atom. The van der Waals surface area contributed by atoms with Crippen LogP contribution in [-0.2, 0) is 36.5 Å². The molecule has 2 aliphatic heterocycles. The first kappa shape index (κ1) is 21.5. The molecule has 1 fully saturated rings. The van der Waals surface area contributed by atoms with Crippen molar-refractivity contribution in [1.29, 1.82) is 0 Å². The third-order valence-electron chi connectivity index (χ3n) is 5.96. The van der Waals surface area contributed by atoms with Crippen molar-refractivity contribution in [3.05, 3.63) is 40.6 Å². The predicted octanol–water partition coefficient (Wildman–Crippen LogP) is 2.67. The number of nitrogens with one attached hydrogen (secondary N) is 1. The van der Waals surface area contributed by atoms with Gasteiger partial charge in [0.1, 0.15) is 5.82 Å². The van der Waals surface area contributed by atoms with Gasteiger partial charge in [-0.2, -0.15) is 5.10 Å². The maximum Gasteiger partial charge on any atom is 0.230 e. The fraction of sp³-hybridized carbons (Fsp3) is 0.500. The monoisotopic (exact) mass is 444 g/mol. The van der Waals surface area contributed by atoms with Gasteiger partial charge in [0.2, 0.25) is 11.8 Å². The fourth-order valence-electron chi connectivity index (χ4n) is 4.10. The van der Waals surface area contributed by atoms with E-state index < -0.39 is 21.3 Å². The molecule has 8 nitrogen and oxygen atoms in total. The first-order valence-electron chi connectivity index (χ1n) is 10.4. The largest absolute Gasteiger partial charge is 0.312 e. The summed E-state index contributed by atoms with van der Waals surface area (Å²) in [6, 6.07) is 5.82. The highest BCUT2D eigenvalue weighted by molar-refractivity contribution is 7.90. The Balaban J connectivity index is 1.58. The number of nitrogens with zero attached hydrogens (tertiary/aromatic N) is 3. The average Bonchev–Trinajstić information content (AvgIpc) is 3.28. The number of hydrogen-bond acceptors (Lipinski definition) is 5. The molecule has 2 aliphatic rings. The van der Waals surface area contributed by atoms with Gasteiger partial charge < -0.3 is 10.2 Å². The van der Waals surface area contributed by atoms with Crippen LogP contribution >= 0.6 is 0 Å². The molecule has 1 aromatic heterocycles. The molecule has 31 heavy (non-hydrogen) atoms. The van der Waals surface area contributed by atoms with Crippen molar-refractivity contribution in [3.63, 3.8) is 0 Å². The van der Waals surface area contributed by atoms with E-state index in [2.05, 4.69) is 10.4 Å². The minimum Gasteiger partial charge on any atom is -0.312 e. The number of carbonyl (C=O) groups excluding carboxylic acids is 2. The van der Waals surface area contributed by atoms with Crippen molar-refractivity contribution >= 4 is 33.2 Å². The molecule has 2 aromatic rings. The molecule has 0 spiro atoms. The number of rotatable bonds is 3. The first-order valence-corrected chi connectivity index (χ1v) is 12.2. The van der Waals surface area contributed by atoms with E-state index in [0.29, 0.717) is 17.1 Å². The van der Waals surface area contributed by atoms with E-state index in [1.165, 1.54) is 0 Å². The highest BCUT2D eigenvalue weighted by atomic mass is 32.2. The quantitative estimate of drug-likeness (QED) is 0.784. The number of aryl methyl sites for hydroxylation is 2. The Labute approximate surface area is 182 Å². The SMILES string of the molecule is Cc1ccc(N2C[C@@H](C(=O)Nc3c4c(nn3C(C)(C)C)CS(=O)(=O)C4)CC2=O)cc1C. The predicted molar refractivity (Wildman–Crippen MR) is 119 cm³/mol. The normalized spacial score (nSPS) is 20.2. The smallest absolute Gasteiger partial charge is 0.230 e. The van der Waals surface area contributed by atoms with Crippen LogP contribution in [-0.4, -0.2) is 36.6 Å². The van der Waals surface area contributed by atoms with Gasteiger partial charge in [0.25, 0.3) is 0 Å². The van der Waals surface area contributed by atoms with Gasteiger partial charge in [0.05, 0.1) is 28.7 Å². The van der Waals surface area contributed by atoms with Gasteiger partial charge in [-0.25, -0.2) is 13.1 Å². The maximum absolute atomic E-state index is 13.1. The lowest BCUT2D eigenvalue weighted by Crippen LogP contribution is -2.31. The van der Waals surface area contributed by atoms with Gasteiger partial charge in [-0.1, -0.05) is 6.07 Å². The van der Waals surface area contributed by atoms with E-state index in [1.807, 2.05) is 52.8 Å². The summed E-state index contributed by atoms with van der Waals surface area (Å²) < 4.78 is 25.9. The molecule has 1 atom stereocenters. The molecule has 0 aliphatic carbocycles. The van der Waals surface area contributed by atoms with Crippen molar-refractivity contribution in [2.75, 3.05) is 16.8 Å². The maximum atomic E-state index is 13.1. The molecular weight excluding hydrogens is 416 g/mol. The topological polar surface area (TPSA) is 101 Å². The van der Waals surface area contributed by atoms with Crippen LogP contribution < -0.4 is 10.2 Å². The molecule has 3 heterocycles. The number of amides is 2. The summed E-state index contributed by atoms with van der Waals surface area (Å²) in [6.45, 7) is 10.1. The molecule has 0 bridgehead atoms. The second-order valence-electron chi connectivity index (χ2n) is 9.55. The lowest BCUT2D eigenvalue weighted by atomic mass is 10.1. The summed E-state index contributed by atoms with van der Waals surface area (Å²) in [4.78, 5) is 27.4. The lowest BCUT2D eigenvalue weighted by Gasteiger charge is -2.24. The summed E-state index contributed by atoms with van der Waals surface area (Å²) in [5.41, 5.74) is 3.62. The van der Waals surface area contributed by atoms with Gasteiger partial charge >= 0.3 is 0 Å². The third kappa shape index (κ3) is 3.98. The van der Waals surface area contributed by atoms with Crippen molar-refractivity contribution in [1.82, 2.24) is 9.78 Å². The summed E-state index contributed by atoms with van der Waals surface area (Å²) in [5, 5.41) is 7.39. The molecule has 0 radical (unpaired) electrons. The van der Waals surface area contributed by atoms with Crippen LogP contribution in [0.5, 0.6) is 0 Å². The number of carbonyl (C=O) groups is 2. The fourth-order valence-corrected chi connectivity index (χ4v) is 5.60. The van der Waals surface area contributed by atoms with Crippen molar-refractivity contribution in [2.24, 2.45) is 5.92 Å². The zero-order valence-electron chi connectivity index (χ0n) is 18.5. The van der Waals surface area contributed by atoms with Crippen LogP contribution in [0.4, 0.5) is 11.5 Å². The minimum absolute atomic E-state index is 0.0967. The van der Waals surface area contributed by atoms with E-state index in [-0.39, 0.29) is 36.3 Å². The number of sulfone groups is 1.